The van der Waals surface area contributed by atoms with E-state index < -0.39 is 15.8 Å². The van der Waals surface area contributed by atoms with Crippen LogP contribution in [-0.2, 0) is 27.5 Å². The number of carboxylic acids is 1. The normalized spacial score (nSPS) is 22.0. The quantitative estimate of drug-likeness (QED) is 0.673. The molecule has 1 aromatic heterocycles. The summed E-state index contributed by atoms with van der Waals surface area (Å²) in [4.78, 5) is 16.1. The summed E-state index contributed by atoms with van der Waals surface area (Å²) in [6.45, 7) is 1.77. The summed E-state index contributed by atoms with van der Waals surface area (Å²) in [6, 6.07) is 3.90. The number of carboxylic acid groups (broad SMARTS) is 1. The summed E-state index contributed by atoms with van der Waals surface area (Å²) >= 11 is 1.62. The Morgan fingerprint density at radius 2 is 1.84 bits per heavy atom. The number of aromatic nitrogens is 1. The van der Waals surface area contributed by atoms with Crippen LogP contribution in [0.4, 0.5) is 0 Å². The van der Waals surface area contributed by atoms with Crippen LogP contribution in [0.5, 0.6) is 0 Å². The van der Waals surface area contributed by atoms with E-state index in [1.807, 2.05) is 17.5 Å². The molecule has 1 aliphatic carbocycles. The topological polar surface area (TPSA) is 96.4 Å². The number of sulfone groups is 1. The van der Waals surface area contributed by atoms with E-state index in [0.717, 1.165) is 79.9 Å². The van der Waals surface area contributed by atoms with Crippen molar-refractivity contribution in [1.82, 2.24) is 10.3 Å². The fourth-order valence-corrected chi connectivity index (χ4v) is 6.75. The van der Waals surface area contributed by atoms with Crippen molar-refractivity contribution in [3.05, 3.63) is 33.6 Å². The SMILES string of the molecule is CS(=O)(=O)c1cc2c(cc1-c1csc(C3CCC(CCC(=O)O)CC3)n1)CCNCC2. The third kappa shape index (κ3) is 5.35. The van der Waals surface area contributed by atoms with Crippen LogP contribution in [0.25, 0.3) is 11.3 Å². The maximum Gasteiger partial charge on any atom is 0.303 e. The summed E-state index contributed by atoms with van der Waals surface area (Å²) in [5, 5.41) is 15.4. The second kappa shape index (κ2) is 9.38. The van der Waals surface area contributed by atoms with Gasteiger partial charge in [0, 0.05) is 29.5 Å². The predicted octanol–water partition coefficient (Wildman–Crippen LogP) is 4.04. The molecule has 1 fully saturated rings. The lowest BCUT2D eigenvalue weighted by molar-refractivity contribution is -0.137. The third-order valence-electron chi connectivity index (χ3n) is 6.60. The van der Waals surface area contributed by atoms with E-state index in [2.05, 4.69) is 5.32 Å². The fraction of sp³-hybridized carbons (Fsp3) is 0.565. The van der Waals surface area contributed by atoms with E-state index in [1.165, 1.54) is 11.8 Å². The van der Waals surface area contributed by atoms with Crippen molar-refractivity contribution in [2.24, 2.45) is 5.92 Å². The van der Waals surface area contributed by atoms with Crippen LogP contribution in [-0.4, -0.2) is 43.8 Å². The first-order valence-corrected chi connectivity index (χ1v) is 13.8. The first-order chi connectivity index (χ1) is 14.8. The summed E-state index contributed by atoms with van der Waals surface area (Å²) in [5.74, 6) is 0.151. The summed E-state index contributed by atoms with van der Waals surface area (Å²) < 4.78 is 25.1. The van der Waals surface area contributed by atoms with E-state index in [9.17, 15) is 13.2 Å². The zero-order valence-electron chi connectivity index (χ0n) is 17.9. The van der Waals surface area contributed by atoms with Crippen LogP contribution in [0.15, 0.2) is 22.4 Å². The maximum absolute atomic E-state index is 12.6. The number of carbonyl (C=O) groups is 1. The Labute approximate surface area is 188 Å². The van der Waals surface area contributed by atoms with E-state index in [-0.39, 0.29) is 6.42 Å². The van der Waals surface area contributed by atoms with Crippen molar-refractivity contribution >= 4 is 27.1 Å². The second-order valence-corrected chi connectivity index (χ2v) is 11.7. The molecule has 0 bridgehead atoms. The molecule has 0 amide bonds. The number of thiazole rings is 1. The minimum atomic E-state index is -3.37. The Morgan fingerprint density at radius 3 is 2.48 bits per heavy atom. The predicted molar refractivity (Wildman–Crippen MR) is 123 cm³/mol. The lowest BCUT2D eigenvalue weighted by Gasteiger charge is -2.26. The summed E-state index contributed by atoms with van der Waals surface area (Å²) in [5.41, 5.74) is 3.81. The van der Waals surface area contributed by atoms with Gasteiger partial charge in [-0.25, -0.2) is 13.4 Å². The van der Waals surface area contributed by atoms with Crippen molar-refractivity contribution in [2.75, 3.05) is 19.3 Å². The van der Waals surface area contributed by atoms with E-state index in [4.69, 9.17) is 10.1 Å². The van der Waals surface area contributed by atoms with Crippen molar-refractivity contribution < 1.29 is 18.3 Å². The zero-order chi connectivity index (χ0) is 22.0. The molecule has 31 heavy (non-hydrogen) atoms. The number of nitrogens with zero attached hydrogens (tertiary/aromatic N) is 1. The summed E-state index contributed by atoms with van der Waals surface area (Å²) in [6.07, 6.45) is 8.12. The van der Waals surface area contributed by atoms with Gasteiger partial charge in [0.25, 0.3) is 0 Å². The first-order valence-electron chi connectivity index (χ1n) is 11.1. The van der Waals surface area contributed by atoms with Crippen molar-refractivity contribution in [1.29, 1.82) is 0 Å². The highest BCUT2D eigenvalue weighted by Gasteiger charge is 2.26. The Hall–Kier alpha value is -1.77. The zero-order valence-corrected chi connectivity index (χ0v) is 19.5. The van der Waals surface area contributed by atoms with E-state index >= 15 is 0 Å². The van der Waals surface area contributed by atoms with Crippen LogP contribution in [0.1, 0.15) is 60.6 Å². The molecule has 1 saturated carbocycles. The molecule has 2 heterocycles. The Kier molecular flexibility index (Phi) is 6.79. The molecule has 2 aliphatic rings. The molecule has 0 radical (unpaired) electrons. The van der Waals surface area contributed by atoms with Crippen LogP contribution in [0.3, 0.4) is 0 Å². The van der Waals surface area contributed by atoms with Gasteiger partial charge in [0.1, 0.15) is 0 Å². The molecule has 8 heteroatoms. The molecule has 0 saturated heterocycles. The van der Waals surface area contributed by atoms with Gasteiger partial charge in [-0.1, -0.05) is 0 Å². The van der Waals surface area contributed by atoms with Crippen LogP contribution in [0, 0.1) is 5.92 Å². The number of rotatable bonds is 6. The number of fused-ring (bicyclic) bond motifs is 1. The van der Waals surface area contributed by atoms with E-state index in [0.29, 0.717) is 16.7 Å². The molecule has 0 spiro atoms. The van der Waals surface area contributed by atoms with Gasteiger partial charge in [-0.15, -0.1) is 11.3 Å². The van der Waals surface area contributed by atoms with Crippen molar-refractivity contribution in [2.45, 2.75) is 62.2 Å². The number of benzene rings is 1. The number of hydrogen-bond acceptors (Lipinski definition) is 6. The Morgan fingerprint density at radius 1 is 1.16 bits per heavy atom. The summed E-state index contributed by atoms with van der Waals surface area (Å²) in [7, 11) is -3.37. The van der Waals surface area contributed by atoms with Gasteiger partial charge < -0.3 is 10.4 Å². The molecule has 1 aromatic carbocycles. The number of aliphatic carboxylic acids is 1. The highest BCUT2D eigenvalue weighted by atomic mass is 32.2. The van der Waals surface area contributed by atoms with Crippen LogP contribution in [0.2, 0.25) is 0 Å². The molecule has 2 N–H and O–H groups in total. The Balaban J connectivity index is 1.56. The Bertz CT molecular complexity index is 1050. The second-order valence-electron chi connectivity index (χ2n) is 8.86. The molecular formula is C23H30N2O4S2. The van der Waals surface area contributed by atoms with Crippen LogP contribution < -0.4 is 5.32 Å². The average Bonchev–Trinajstić information content (AvgIpc) is 3.10. The van der Waals surface area contributed by atoms with Gasteiger partial charge in [0.15, 0.2) is 9.84 Å². The highest BCUT2D eigenvalue weighted by Crippen LogP contribution is 2.40. The largest absolute Gasteiger partial charge is 0.481 e. The van der Waals surface area contributed by atoms with Gasteiger partial charge in [-0.2, -0.15) is 0 Å². The standard InChI is InChI=1S/C23H30N2O4S2/c1-31(28,29)21-13-18-9-11-24-10-8-17(18)12-19(21)20-14-30-23(25-20)16-5-2-15(3-6-16)4-7-22(26)27/h12-16,24H,2-11H2,1H3,(H,26,27). The number of hydrogen-bond donors (Lipinski definition) is 2. The molecule has 168 valence electrons. The van der Waals surface area contributed by atoms with Crippen LogP contribution >= 0.6 is 11.3 Å². The lowest BCUT2D eigenvalue weighted by Crippen LogP contribution is -2.16. The van der Waals surface area contributed by atoms with Gasteiger partial charge in [-0.05, 0) is 87.2 Å². The smallest absolute Gasteiger partial charge is 0.303 e. The molecule has 4 rings (SSSR count). The van der Waals surface area contributed by atoms with Gasteiger partial charge in [0.2, 0.25) is 0 Å². The first kappa shape index (κ1) is 22.4. The fourth-order valence-electron chi connectivity index (χ4n) is 4.83. The van der Waals surface area contributed by atoms with Gasteiger partial charge >= 0.3 is 5.97 Å². The number of nitrogens with one attached hydrogen (secondary N) is 1. The van der Waals surface area contributed by atoms with Gasteiger partial charge in [0.05, 0.1) is 15.6 Å². The molecule has 6 nitrogen and oxygen atoms in total. The average molecular weight is 463 g/mol. The van der Waals surface area contributed by atoms with Crippen molar-refractivity contribution in [3.8, 4) is 11.3 Å². The molecule has 2 aromatic rings. The third-order valence-corrected chi connectivity index (χ3v) is 8.75. The van der Waals surface area contributed by atoms with Gasteiger partial charge in [-0.3, -0.25) is 4.79 Å². The lowest BCUT2D eigenvalue weighted by atomic mass is 9.80. The molecule has 0 unspecified atom stereocenters. The monoisotopic (exact) mass is 462 g/mol. The molecule has 1 aliphatic heterocycles. The highest BCUT2D eigenvalue weighted by molar-refractivity contribution is 7.90. The minimum absolute atomic E-state index is 0.249. The van der Waals surface area contributed by atoms with E-state index in [1.54, 1.807) is 11.3 Å². The maximum atomic E-state index is 12.6. The minimum Gasteiger partial charge on any atom is -0.481 e. The van der Waals surface area contributed by atoms with Crippen molar-refractivity contribution in [3.63, 3.8) is 0 Å². The molecule has 0 atom stereocenters. The molecular weight excluding hydrogens is 432 g/mol.